The first-order valence-corrected chi connectivity index (χ1v) is 7.97. The van der Waals surface area contributed by atoms with E-state index in [0.29, 0.717) is 19.0 Å². The van der Waals surface area contributed by atoms with Crippen LogP contribution in [0, 0.1) is 11.6 Å². The van der Waals surface area contributed by atoms with E-state index in [1.165, 1.54) is 11.2 Å². The summed E-state index contributed by atoms with van der Waals surface area (Å²) in [6, 6.07) is 2.52. The van der Waals surface area contributed by atoms with Crippen molar-refractivity contribution in [2.75, 3.05) is 26.2 Å². The molecule has 0 N–H and O–H groups in total. The van der Waals surface area contributed by atoms with Crippen LogP contribution in [0.1, 0.15) is 13.3 Å². The van der Waals surface area contributed by atoms with Gasteiger partial charge in [-0.2, -0.15) is 4.31 Å². The molecule has 5 nitrogen and oxygen atoms in total. The average Bonchev–Trinajstić information content (AvgIpc) is 2.68. The summed E-state index contributed by atoms with van der Waals surface area (Å²) >= 11 is 0. The number of amides is 1. The zero-order valence-electron chi connectivity index (χ0n) is 11.6. The van der Waals surface area contributed by atoms with Crippen LogP contribution in [-0.2, 0) is 14.8 Å². The third kappa shape index (κ3) is 3.38. The van der Waals surface area contributed by atoms with Crippen LogP contribution in [0.15, 0.2) is 23.1 Å². The van der Waals surface area contributed by atoms with E-state index in [2.05, 4.69) is 0 Å². The molecule has 8 heteroatoms. The van der Waals surface area contributed by atoms with Crippen molar-refractivity contribution < 1.29 is 22.0 Å². The van der Waals surface area contributed by atoms with Gasteiger partial charge in [0.25, 0.3) is 0 Å². The first-order chi connectivity index (χ1) is 9.82. The second-order valence-corrected chi connectivity index (χ2v) is 6.78. The summed E-state index contributed by atoms with van der Waals surface area (Å²) in [6.45, 7) is 2.59. The summed E-state index contributed by atoms with van der Waals surface area (Å²) < 4.78 is 52.1. The maximum atomic E-state index is 13.2. The minimum absolute atomic E-state index is 0.109. The molecule has 2 rings (SSSR count). The highest BCUT2D eigenvalue weighted by atomic mass is 32.2. The summed E-state index contributed by atoms with van der Waals surface area (Å²) in [5, 5.41) is 0. The van der Waals surface area contributed by atoms with Gasteiger partial charge in [0.05, 0.1) is 4.90 Å². The lowest BCUT2D eigenvalue weighted by Gasteiger charge is -2.21. The van der Waals surface area contributed by atoms with Gasteiger partial charge in [0.15, 0.2) is 11.6 Å². The van der Waals surface area contributed by atoms with Crippen molar-refractivity contribution in [3.8, 4) is 0 Å². The molecule has 1 aromatic rings. The van der Waals surface area contributed by atoms with E-state index in [4.69, 9.17) is 0 Å². The fraction of sp³-hybridized carbons (Fsp3) is 0.462. The van der Waals surface area contributed by atoms with Gasteiger partial charge in [-0.25, -0.2) is 17.2 Å². The Hall–Kier alpha value is -1.54. The first-order valence-electron chi connectivity index (χ1n) is 6.53. The highest BCUT2D eigenvalue weighted by Gasteiger charge is 2.28. The maximum Gasteiger partial charge on any atom is 0.243 e. The Bertz CT molecular complexity index is 649. The van der Waals surface area contributed by atoms with Gasteiger partial charge in [0, 0.05) is 33.1 Å². The van der Waals surface area contributed by atoms with Crippen molar-refractivity contribution in [3.63, 3.8) is 0 Å². The lowest BCUT2D eigenvalue weighted by atomic mass is 10.3. The predicted octanol–water partition coefficient (Wildman–Crippen LogP) is 1.21. The molecule has 0 atom stereocenters. The lowest BCUT2D eigenvalue weighted by Crippen LogP contribution is -2.36. The Morgan fingerprint density at radius 1 is 1.10 bits per heavy atom. The monoisotopic (exact) mass is 318 g/mol. The Kier molecular flexibility index (Phi) is 4.58. The van der Waals surface area contributed by atoms with Crippen LogP contribution in [0.4, 0.5) is 8.78 Å². The van der Waals surface area contributed by atoms with Gasteiger partial charge in [0.2, 0.25) is 15.9 Å². The second-order valence-electron chi connectivity index (χ2n) is 4.84. The zero-order chi connectivity index (χ0) is 15.6. The van der Waals surface area contributed by atoms with E-state index in [1.54, 1.807) is 4.90 Å². The molecular weight excluding hydrogens is 302 g/mol. The molecule has 1 amide bonds. The molecule has 1 aromatic carbocycles. The minimum Gasteiger partial charge on any atom is -0.342 e. The van der Waals surface area contributed by atoms with Gasteiger partial charge >= 0.3 is 0 Å². The quantitative estimate of drug-likeness (QED) is 0.823. The van der Waals surface area contributed by atoms with Crippen LogP contribution in [0.25, 0.3) is 0 Å². The summed E-state index contributed by atoms with van der Waals surface area (Å²) in [5.74, 6) is -2.40. The van der Waals surface area contributed by atoms with E-state index in [9.17, 15) is 22.0 Å². The lowest BCUT2D eigenvalue weighted by molar-refractivity contribution is -0.128. The number of carbonyl (C=O) groups is 1. The highest BCUT2D eigenvalue weighted by Crippen LogP contribution is 2.20. The minimum atomic E-state index is -3.89. The molecule has 1 heterocycles. The molecule has 1 saturated heterocycles. The second kappa shape index (κ2) is 6.07. The molecule has 0 aromatic heterocycles. The topological polar surface area (TPSA) is 57.7 Å². The SMILES string of the molecule is CC(=O)N1CCCN(S(=O)(=O)c2ccc(F)c(F)c2)CC1. The van der Waals surface area contributed by atoms with Crippen molar-refractivity contribution >= 4 is 15.9 Å². The molecule has 116 valence electrons. The van der Waals surface area contributed by atoms with Gasteiger partial charge < -0.3 is 4.90 Å². The van der Waals surface area contributed by atoms with Crippen LogP contribution < -0.4 is 0 Å². The largest absolute Gasteiger partial charge is 0.342 e. The summed E-state index contributed by atoms with van der Waals surface area (Å²) in [7, 11) is -3.89. The average molecular weight is 318 g/mol. The van der Waals surface area contributed by atoms with Crippen LogP contribution in [0.2, 0.25) is 0 Å². The number of benzene rings is 1. The maximum absolute atomic E-state index is 13.2. The van der Waals surface area contributed by atoms with E-state index >= 15 is 0 Å². The Balaban J connectivity index is 2.23. The fourth-order valence-corrected chi connectivity index (χ4v) is 3.72. The van der Waals surface area contributed by atoms with Gasteiger partial charge in [0.1, 0.15) is 0 Å². The summed E-state index contributed by atoms with van der Waals surface area (Å²) in [4.78, 5) is 12.6. The molecule has 0 spiro atoms. The molecule has 0 unspecified atom stereocenters. The Morgan fingerprint density at radius 3 is 2.43 bits per heavy atom. The van der Waals surface area contributed by atoms with E-state index < -0.39 is 21.7 Å². The normalized spacial score (nSPS) is 17.6. The smallest absolute Gasteiger partial charge is 0.243 e. The van der Waals surface area contributed by atoms with Crippen LogP contribution in [0.5, 0.6) is 0 Å². The molecule has 1 fully saturated rings. The molecular formula is C13H16F2N2O3S. The van der Waals surface area contributed by atoms with Gasteiger partial charge in [-0.15, -0.1) is 0 Å². The number of hydrogen-bond donors (Lipinski definition) is 0. The van der Waals surface area contributed by atoms with Crippen molar-refractivity contribution in [1.82, 2.24) is 9.21 Å². The fourth-order valence-electron chi connectivity index (χ4n) is 2.24. The molecule has 0 saturated carbocycles. The number of sulfonamides is 1. The molecule has 0 bridgehead atoms. The number of halogens is 2. The van der Waals surface area contributed by atoms with E-state index in [0.717, 1.165) is 12.1 Å². The van der Waals surface area contributed by atoms with E-state index in [1.807, 2.05) is 0 Å². The molecule has 21 heavy (non-hydrogen) atoms. The number of hydrogen-bond acceptors (Lipinski definition) is 3. The number of rotatable bonds is 2. The molecule has 1 aliphatic rings. The predicted molar refractivity (Wildman–Crippen MR) is 72.0 cm³/mol. The van der Waals surface area contributed by atoms with Crippen molar-refractivity contribution in [2.45, 2.75) is 18.2 Å². The third-order valence-corrected chi connectivity index (χ3v) is 5.32. The van der Waals surface area contributed by atoms with E-state index in [-0.39, 0.29) is 30.4 Å². The molecule has 0 aliphatic carbocycles. The number of nitrogens with zero attached hydrogens (tertiary/aromatic N) is 2. The van der Waals surface area contributed by atoms with Gasteiger partial charge in [-0.05, 0) is 24.6 Å². The number of carbonyl (C=O) groups excluding carboxylic acids is 1. The third-order valence-electron chi connectivity index (χ3n) is 3.43. The summed E-state index contributed by atoms with van der Waals surface area (Å²) in [6.07, 6.45) is 0.502. The Morgan fingerprint density at radius 2 is 1.81 bits per heavy atom. The zero-order valence-corrected chi connectivity index (χ0v) is 12.4. The Labute approximate surface area is 122 Å². The van der Waals surface area contributed by atoms with Crippen molar-refractivity contribution in [1.29, 1.82) is 0 Å². The highest BCUT2D eigenvalue weighted by molar-refractivity contribution is 7.89. The van der Waals surface area contributed by atoms with Gasteiger partial charge in [-0.1, -0.05) is 0 Å². The first kappa shape index (κ1) is 15.8. The van der Waals surface area contributed by atoms with Crippen LogP contribution in [-0.4, -0.2) is 49.7 Å². The van der Waals surface area contributed by atoms with Crippen LogP contribution >= 0.6 is 0 Å². The van der Waals surface area contributed by atoms with Crippen LogP contribution in [0.3, 0.4) is 0 Å². The van der Waals surface area contributed by atoms with Crippen molar-refractivity contribution in [2.24, 2.45) is 0 Å². The van der Waals surface area contributed by atoms with Crippen molar-refractivity contribution in [3.05, 3.63) is 29.8 Å². The molecule has 1 aliphatic heterocycles. The summed E-state index contributed by atoms with van der Waals surface area (Å²) in [5.41, 5.74) is 0. The standard InChI is InChI=1S/C13H16F2N2O3S/c1-10(18)16-5-2-6-17(8-7-16)21(19,20)11-3-4-12(14)13(15)9-11/h3-4,9H,2,5-8H2,1H3. The van der Waals surface area contributed by atoms with Gasteiger partial charge in [-0.3, -0.25) is 4.79 Å². The molecule has 0 radical (unpaired) electrons.